The van der Waals surface area contributed by atoms with Crippen LogP contribution in [0, 0.1) is 0 Å². The summed E-state index contributed by atoms with van der Waals surface area (Å²) in [5, 5.41) is 7.65. The highest BCUT2D eigenvalue weighted by Crippen LogP contribution is 2.25. The second kappa shape index (κ2) is 7.66. The van der Waals surface area contributed by atoms with E-state index in [-0.39, 0.29) is 0 Å². The maximum atomic E-state index is 5.35. The van der Waals surface area contributed by atoms with Crippen molar-refractivity contribution in [2.24, 2.45) is 0 Å². The summed E-state index contributed by atoms with van der Waals surface area (Å²) >= 11 is 0. The molecule has 3 aromatic rings. The first-order valence-electron chi connectivity index (χ1n) is 8.94. The van der Waals surface area contributed by atoms with E-state index in [1.807, 2.05) is 18.2 Å². The van der Waals surface area contributed by atoms with Gasteiger partial charge < -0.3 is 14.6 Å². The number of ether oxygens (including phenoxy) is 1. The standard InChI is InChI=1S/C20H22N4O2/c1-25-18-7-5-14-4-6-17(11-16(14)12-18)22-10-8-19-23-20(24-26-19)15-3-2-9-21-13-15/h2-3,5,7,9,12-13,17,22H,4,6,8,10-11H2,1H3. The summed E-state index contributed by atoms with van der Waals surface area (Å²) in [6.07, 6.45) is 7.45. The third-order valence-corrected chi connectivity index (χ3v) is 4.80. The van der Waals surface area contributed by atoms with E-state index in [9.17, 15) is 0 Å². The van der Waals surface area contributed by atoms with Gasteiger partial charge in [-0.25, -0.2) is 0 Å². The molecule has 6 nitrogen and oxygen atoms in total. The SMILES string of the molecule is COc1ccc2c(c1)CC(NCCc1nc(-c3cccnc3)no1)CC2. The van der Waals surface area contributed by atoms with Gasteiger partial charge in [-0.15, -0.1) is 0 Å². The molecule has 0 spiro atoms. The summed E-state index contributed by atoms with van der Waals surface area (Å²) in [5.41, 5.74) is 3.68. The maximum absolute atomic E-state index is 5.35. The zero-order valence-electron chi connectivity index (χ0n) is 14.8. The van der Waals surface area contributed by atoms with Crippen LogP contribution in [-0.2, 0) is 19.3 Å². The molecule has 1 aliphatic carbocycles. The van der Waals surface area contributed by atoms with E-state index in [1.165, 1.54) is 11.1 Å². The van der Waals surface area contributed by atoms with Gasteiger partial charge in [-0.05, 0) is 54.7 Å². The van der Waals surface area contributed by atoms with Gasteiger partial charge in [0.1, 0.15) is 5.75 Å². The Morgan fingerprint density at radius 2 is 2.23 bits per heavy atom. The molecule has 0 amide bonds. The molecule has 0 saturated heterocycles. The van der Waals surface area contributed by atoms with Gasteiger partial charge in [0, 0.05) is 37.0 Å². The minimum absolute atomic E-state index is 0.468. The van der Waals surface area contributed by atoms with Crippen molar-refractivity contribution in [2.45, 2.75) is 31.7 Å². The van der Waals surface area contributed by atoms with Gasteiger partial charge in [-0.2, -0.15) is 4.98 Å². The first-order valence-corrected chi connectivity index (χ1v) is 8.94. The fraction of sp³-hybridized carbons (Fsp3) is 0.350. The molecule has 0 fully saturated rings. The molecule has 1 aromatic carbocycles. The van der Waals surface area contributed by atoms with Crippen molar-refractivity contribution in [3.8, 4) is 17.1 Å². The summed E-state index contributed by atoms with van der Waals surface area (Å²) in [5.74, 6) is 2.17. The summed E-state index contributed by atoms with van der Waals surface area (Å²) in [4.78, 5) is 8.53. The minimum atomic E-state index is 0.468. The Labute approximate surface area is 152 Å². The van der Waals surface area contributed by atoms with Crippen LogP contribution in [0.1, 0.15) is 23.4 Å². The molecule has 1 aliphatic rings. The van der Waals surface area contributed by atoms with Crippen LogP contribution in [0.4, 0.5) is 0 Å². The van der Waals surface area contributed by atoms with Crippen LogP contribution in [-0.4, -0.2) is 34.8 Å². The minimum Gasteiger partial charge on any atom is -0.497 e. The van der Waals surface area contributed by atoms with E-state index in [0.29, 0.717) is 24.2 Å². The van der Waals surface area contributed by atoms with E-state index in [2.05, 4.69) is 32.6 Å². The van der Waals surface area contributed by atoms with Gasteiger partial charge in [-0.1, -0.05) is 11.2 Å². The van der Waals surface area contributed by atoms with Gasteiger partial charge >= 0.3 is 0 Å². The van der Waals surface area contributed by atoms with Gasteiger partial charge in [0.15, 0.2) is 0 Å². The van der Waals surface area contributed by atoms with Crippen molar-refractivity contribution in [1.82, 2.24) is 20.4 Å². The number of rotatable bonds is 6. The highest BCUT2D eigenvalue weighted by atomic mass is 16.5. The van der Waals surface area contributed by atoms with Crippen LogP contribution < -0.4 is 10.1 Å². The summed E-state index contributed by atoms with van der Waals surface area (Å²) < 4.78 is 10.7. The average Bonchev–Trinajstić information content (AvgIpc) is 3.17. The lowest BCUT2D eigenvalue weighted by Crippen LogP contribution is -2.35. The summed E-state index contributed by atoms with van der Waals surface area (Å²) in [6, 6.07) is 10.6. The Bertz CT molecular complexity index is 863. The fourth-order valence-electron chi connectivity index (χ4n) is 3.39. The topological polar surface area (TPSA) is 73.1 Å². The molecule has 1 unspecified atom stereocenters. The maximum Gasteiger partial charge on any atom is 0.228 e. The molecule has 2 aromatic heterocycles. The molecule has 1 N–H and O–H groups in total. The summed E-state index contributed by atoms with van der Waals surface area (Å²) in [6.45, 7) is 0.818. The lowest BCUT2D eigenvalue weighted by Gasteiger charge is -2.25. The van der Waals surface area contributed by atoms with Crippen LogP contribution >= 0.6 is 0 Å². The fourth-order valence-corrected chi connectivity index (χ4v) is 3.39. The molecule has 6 heteroatoms. The predicted octanol–water partition coefficient (Wildman–Crippen LogP) is 2.83. The zero-order valence-corrected chi connectivity index (χ0v) is 14.8. The molecule has 0 saturated carbocycles. The van der Waals surface area contributed by atoms with Gasteiger partial charge in [-0.3, -0.25) is 4.98 Å². The quantitative estimate of drug-likeness (QED) is 0.737. The van der Waals surface area contributed by atoms with E-state index < -0.39 is 0 Å². The number of aryl methyl sites for hydroxylation is 1. The third-order valence-electron chi connectivity index (χ3n) is 4.80. The van der Waals surface area contributed by atoms with Crippen LogP contribution in [0.5, 0.6) is 5.75 Å². The molecule has 134 valence electrons. The number of methoxy groups -OCH3 is 1. The predicted molar refractivity (Wildman–Crippen MR) is 98.0 cm³/mol. The molecular weight excluding hydrogens is 328 g/mol. The highest BCUT2D eigenvalue weighted by Gasteiger charge is 2.19. The Kier molecular flexibility index (Phi) is 4.93. The lowest BCUT2D eigenvalue weighted by atomic mass is 9.88. The number of pyridine rings is 1. The monoisotopic (exact) mass is 350 g/mol. The van der Waals surface area contributed by atoms with E-state index in [1.54, 1.807) is 19.5 Å². The second-order valence-corrected chi connectivity index (χ2v) is 6.53. The summed E-state index contributed by atoms with van der Waals surface area (Å²) in [7, 11) is 1.71. The Morgan fingerprint density at radius 3 is 3.08 bits per heavy atom. The zero-order chi connectivity index (χ0) is 17.8. The highest BCUT2D eigenvalue weighted by molar-refractivity contribution is 5.51. The van der Waals surface area contributed by atoms with Crippen LogP contribution in [0.25, 0.3) is 11.4 Å². The van der Waals surface area contributed by atoms with Crippen molar-refractivity contribution in [3.05, 3.63) is 59.7 Å². The van der Waals surface area contributed by atoms with Gasteiger partial charge in [0.05, 0.1) is 7.11 Å². The van der Waals surface area contributed by atoms with E-state index >= 15 is 0 Å². The molecule has 26 heavy (non-hydrogen) atoms. The number of nitrogens with one attached hydrogen (secondary N) is 1. The molecule has 4 rings (SSSR count). The van der Waals surface area contributed by atoms with Crippen molar-refractivity contribution in [3.63, 3.8) is 0 Å². The number of hydrogen-bond donors (Lipinski definition) is 1. The number of nitrogens with zero attached hydrogens (tertiary/aromatic N) is 3. The van der Waals surface area contributed by atoms with Crippen molar-refractivity contribution in [2.75, 3.05) is 13.7 Å². The third kappa shape index (κ3) is 3.75. The van der Waals surface area contributed by atoms with Crippen molar-refractivity contribution < 1.29 is 9.26 Å². The Hall–Kier alpha value is -2.73. The number of hydrogen-bond acceptors (Lipinski definition) is 6. The molecular formula is C20H22N4O2. The first kappa shape index (κ1) is 16.7. The van der Waals surface area contributed by atoms with E-state index in [0.717, 1.165) is 37.1 Å². The number of fused-ring (bicyclic) bond motifs is 1. The molecule has 0 bridgehead atoms. The average molecular weight is 350 g/mol. The number of benzene rings is 1. The van der Waals surface area contributed by atoms with Crippen LogP contribution in [0.2, 0.25) is 0 Å². The molecule has 0 aliphatic heterocycles. The smallest absolute Gasteiger partial charge is 0.228 e. The Balaban J connectivity index is 1.31. The molecule has 1 atom stereocenters. The molecule has 2 heterocycles. The van der Waals surface area contributed by atoms with Crippen LogP contribution in [0.3, 0.4) is 0 Å². The second-order valence-electron chi connectivity index (χ2n) is 6.53. The van der Waals surface area contributed by atoms with Crippen molar-refractivity contribution >= 4 is 0 Å². The largest absolute Gasteiger partial charge is 0.497 e. The van der Waals surface area contributed by atoms with Crippen molar-refractivity contribution in [1.29, 1.82) is 0 Å². The van der Waals surface area contributed by atoms with E-state index in [4.69, 9.17) is 9.26 Å². The molecule has 0 radical (unpaired) electrons. The van der Waals surface area contributed by atoms with Gasteiger partial charge in [0.25, 0.3) is 0 Å². The first-order chi connectivity index (χ1) is 12.8. The lowest BCUT2D eigenvalue weighted by molar-refractivity contribution is 0.369. The van der Waals surface area contributed by atoms with Crippen LogP contribution in [0.15, 0.2) is 47.2 Å². The van der Waals surface area contributed by atoms with Gasteiger partial charge in [0.2, 0.25) is 11.7 Å². The normalized spacial score (nSPS) is 16.3. The Morgan fingerprint density at radius 1 is 1.27 bits per heavy atom. The number of aromatic nitrogens is 3.